The van der Waals surface area contributed by atoms with Crippen LogP contribution in [-0.4, -0.2) is 24.0 Å². The van der Waals surface area contributed by atoms with Crippen LogP contribution in [0.15, 0.2) is 23.1 Å². The van der Waals surface area contributed by atoms with Gasteiger partial charge in [-0.1, -0.05) is 22.0 Å². The molecule has 1 aromatic rings. The monoisotopic (exact) mass is 324 g/mol. The minimum atomic E-state index is -2.88. The molecule has 0 amide bonds. The van der Waals surface area contributed by atoms with E-state index in [1.165, 1.54) is 17.8 Å². The summed E-state index contributed by atoms with van der Waals surface area (Å²) in [6.07, 6.45) is 1.91. The molecule has 0 aliphatic heterocycles. The fourth-order valence-corrected chi connectivity index (χ4v) is 2.19. The highest BCUT2D eigenvalue weighted by Crippen LogP contribution is 2.30. The molecule has 94 valence electrons. The van der Waals surface area contributed by atoms with E-state index in [4.69, 9.17) is 0 Å². The fraction of sp³-hybridized carbons (Fsp3) is 0.364. The van der Waals surface area contributed by atoms with Crippen molar-refractivity contribution in [3.63, 3.8) is 0 Å². The number of ether oxygens (including phenoxy) is 1. The molecule has 1 rings (SSSR count). The Morgan fingerprint density at radius 3 is 2.76 bits per heavy atom. The van der Waals surface area contributed by atoms with Crippen molar-refractivity contribution >= 4 is 33.5 Å². The van der Waals surface area contributed by atoms with Crippen LogP contribution < -0.4 is 4.74 Å². The smallest absolute Gasteiger partial charge is 0.387 e. The SMILES string of the molecule is CSc1cccc(OC(F)F)c1CC(=O)CBr. The van der Waals surface area contributed by atoms with Gasteiger partial charge in [0.05, 0.1) is 5.33 Å². The topological polar surface area (TPSA) is 26.3 Å². The number of alkyl halides is 3. The lowest BCUT2D eigenvalue weighted by Gasteiger charge is -2.13. The van der Waals surface area contributed by atoms with Gasteiger partial charge in [0.15, 0.2) is 0 Å². The second kappa shape index (κ2) is 6.96. The average Bonchev–Trinajstić information content (AvgIpc) is 2.30. The Kier molecular flexibility index (Phi) is 5.91. The molecule has 0 N–H and O–H groups in total. The molecular weight excluding hydrogens is 314 g/mol. The molecule has 0 atom stereocenters. The fourth-order valence-electron chi connectivity index (χ4n) is 1.36. The van der Waals surface area contributed by atoms with Crippen LogP contribution >= 0.6 is 27.7 Å². The number of carbonyl (C=O) groups is 1. The van der Waals surface area contributed by atoms with Crippen molar-refractivity contribution in [2.24, 2.45) is 0 Å². The molecule has 0 aliphatic rings. The van der Waals surface area contributed by atoms with Crippen molar-refractivity contribution in [2.75, 3.05) is 11.6 Å². The van der Waals surface area contributed by atoms with Crippen molar-refractivity contribution in [3.8, 4) is 5.75 Å². The molecule has 17 heavy (non-hydrogen) atoms. The number of benzene rings is 1. The van der Waals surface area contributed by atoms with E-state index in [9.17, 15) is 13.6 Å². The minimum Gasteiger partial charge on any atom is -0.434 e. The lowest BCUT2D eigenvalue weighted by molar-refractivity contribution is -0.116. The Hall–Kier alpha value is -0.620. The highest BCUT2D eigenvalue weighted by atomic mass is 79.9. The summed E-state index contributed by atoms with van der Waals surface area (Å²) in [5.41, 5.74) is 0.518. The largest absolute Gasteiger partial charge is 0.434 e. The first-order chi connectivity index (χ1) is 8.08. The number of Topliss-reactive ketones (excluding diaryl/α,β-unsaturated/α-hetero) is 1. The van der Waals surface area contributed by atoms with Gasteiger partial charge in [-0.3, -0.25) is 4.79 Å². The molecule has 0 saturated carbocycles. The van der Waals surface area contributed by atoms with E-state index in [0.29, 0.717) is 5.56 Å². The highest BCUT2D eigenvalue weighted by molar-refractivity contribution is 9.09. The van der Waals surface area contributed by atoms with E-state index in [1.807, 2.05) is 6.26 Å². The molecule has 0 saturated heterocycles. The summed E-state index contributed by atoms with van der Waals surface area (Å²) >= 11 is 4.45. The van der Waals surface area contributed by atoms with Crippen molar-refractivity contribution in [3.05, 3.63) is 23.8 Å². The third-order valence-corrected chi connectivity index (χ3v) is 3.50. The number of halogens is 3. The Bertz CT molecular complexity index is 399. The maximum atomic E-state index is 12.2. The van der Waals surface area contributed by atoms with Crippen LogP contribution in [0.3, 0.4) is 0 Å². The first-order valence-corrected chi connectivity index (χ1v) is 7.11. The summed E-state index contributed by atoms with van der Waals surface area (Å²) in [6, 6.07) is 4.86. The molecule has 0 aliphatic carbocycles. The van der Waals surface area contributed by atoms with Gasteiger partial charge in [0.2, 0.25) is 0 Å². The molecule has 0 spiro atoms. The molecule has 6 heteroatoms. The van der Waals surface area contributed by atoms with Gasteiger partial charge < -0.3 is 4.74 Å². The van der Waals surface area contributed by atoms with Gasteiger partial charge in [-0.25, -0.2) is 0 Å². The molecule has 2 nitrogen and oxygen atoms in total. The number of thioether (sulfide) groups is 1. The van der Waals surface area contributed by atoms with E-state index < -0.39 is 6.61 Å². The van der Waals surface area contributed by atoms with Crippen molar-refractivity contribution < 1.29 is 18.3 Å². The van der Waals surface area contributed by atoms with Crippen LogP contribution in [0.5, 0.6) is 5.75 Å². The van der Waals surface area contributed by atoms with E-state index in [1.54, 1.807) is 12.1 Å². The maximum absolute atomic E-state index is 12.2. The van der Waals surface area contributed by atoms with Gasteiger partial charge in [-0.05, 0) is 18.4 Å². The number of carbonyl (C=O) groups excluding carboxylic acids is 1. The summed E-state index contributed by atoms with van der Waals surface area (Å²) in [4.78, 5) is 12.2. The Balaban J connectivity index is 3.06. The van der Waals surface area contributed by atoms with Crippen molar-refractivity contribution in [2.45, 2.75) is 17.9 Å². The second-order valence-corrected chi connectivity index (χ2v) is 4.57. The third kappa shape index (κ3) is 4.27. The zero-order chi connectivity index (χ0) is 12.8. The van der Waals surface area contributed by atoms with Gasteiger partial charge in [-0.2, -0.15) is 8.78 Å². The van der Waals surface area contributed by atoms with Gasteiger partial charge in [-0.15, -0.1) is 11.8 Å². The normalized spacial score (nSPS) is 10.6. The van der Waals surface area contributed by atoms with Crippen LogP contribution in [0.2, 0.25) is 0 Å². The van der Waals surface area contributed by atoms with E-state index in [2.05, 4.69) is 20.7 Å². The Morgan fingerprint density at radius 2 is 2.24 bits per heavy atom. The quantitative estimate of drug-likeness (QED) is 0.591. The average molecular weight is 325 g/mol. The molecule has 0 heterocycles. The predicted molar refractivity (Wildman–Crippen MR) is 67.4 cm³/mol. The molecular formula is C11H11BrF2O2S. The standard InChI is InChI=1S/C11H11BrF2O2S/c1-17-10-4-2-3-9(16-11(13)14)8(10)5-7(15)6-12/h2-4,11H,5-6H2,1H3. The lowest BCUT2D eigenvalue weighted by atomic mass is 10.1. The lowest BCUT2D eigenvalue weighted by Crippen LogP contribution is -2.09. The Morgan fingerprint density at radius 1 is 1.53 bits per heavy atom. The first-order valence-electron chi connectivity index (χ1n) is 4.76. The number of rotatable bonds is 6. The van der Waals surface area contributed by atoms with E-state index in [-0.39, 0.29) is 23.3 Å². The van der Waals surface area contributed by atoms with Crippen molar-refractivity contribution in [1.29, 1.82) is 0 Å². The highest BCUT2D eigenvalue weighted by Gasteiger charge is 2.15. The van der Waals surface area contributed by atoms with Crippen LogP contribution in [-0.2, 0) is 11.2 Å². The first kappa shape index (κ1) is 14.4. The van der Waals surface area contributed by atoms with Gasteiger partial charge in [0.1, 0.15) is 11.5 Å². The van der Waals surface area contributed by atoms with Gasteiger partial charge in [0, 0.05) is 16.9 Å². The third-order valence-electron chi connectivity index (χ3n) is 2.05. The summed E-state index contributed by atoms with van der Waals surface area (Å²) < 4.78 is 28.9. The van der Waals surface area contributed by atoms with E-state index >= 15 is 0 Å². The van der Waals surface area contributed by atoms with E-state index in [0.717, 1.165) is 4.90 Å². The molecule has 0 fully saturated rings. The van der Waals surface area contributed by atoms with Crippen molar-refractivity contribution in [1.82, 2.24) is 0 Å². The van der Waals surface area contributed by atoms with Crippen LogP contribution in [0.25, 0.3) is 0 Å². The minimum absolute atomic E-state index is 0.0705. The Labute approximate surface area is 111 Å². The summed E-state index contributed by atoms with van der Waals surface area (Å²) in [5.74, 6) is -0.00762. The summed E-state index contributed by atoms with van der Waals surface area (Å²) in [6.45, 7) is -2.88. The number of hydrogen-bond donors (Lipinski definition) is 0. The number of ketones is 1. The van der Waals surface area contributed by atoms with Crippen LogP contribution in [0.4, 0.5) is 8.78 Å². The van der Waals surface area contributed by atoms with Gasteiger partial charge in [0.25, 0.3) is 0 Å². The molecule has 0 aromatic heterocycles. The zero-order valence-electron chi connectivity index (χ0n) is 9.08. The molecule has 1 aromatic carbocycles. The number of hydrogen-bond acceptors (Lipinski definition) is 3. The van der Waals surface area contributed by atoms with Crippen LogP contribution in [0, 0.1) is 0 Å². The molecule has 0 radical (unpaired) electrons. The second-order valence-electron chi connectivity index (χ2n) is 3.16. The maximum Gasteiger partial charge on any atom is 0.387 e. The molecule has 0 unspecified atom stereocenters. The predicted octanol–water partition coefficient (Wildman–Crippen LogP) is 3.52. The molecule has 0 bridgehead atoms. The zero-order valence-corrected chi connectivity index (χ0v) is 11.5. The van der Waals surface area contributed by atoms with Gasteiger partial charge >= 0.3 is 6.61 Å². The summed E-state index contributed by atoms with van der Waals surface area (Å²) in [5, 5.41) is 0.198. The summed E-state index contributed by atoms with van der Waals surface area (Å²) in [7, 11) is 0. The van der Waals surface area contributed by atoms with Crippen LogP contribution in [0.1, 0.15) is 5.56 Å².